The first-order chi connectivity index (χ1) is 16.3. The second-order valence-electron chi connectivity index (χ2n) is 9.42. The van der Waals surface area contributed by atoms with Crippen molar-refractivity contribution in [2.24, 2.45) is 23.7 Å². The van der Waals surface area contributed by atoms with Gasteiger partial charge in [0.15, 0.2) is 5.03 Å². The Balaban J connectivity index is 1.39. The molecule has 3 unspecified atom stereocenters. The Morgan fingerprint density at radius 1 is 1.41 bits per heavy atom. The molecule has 11 nitrogen and oxygen atoms in total. The summed E-state index contributed by atoms with van der Waals surface area (Å²) >= 11 is 0. The molecule has 184 valence electrons. The number of piperidine rings is 1. The fourth-order valence-electron chi connectivity index (χ4n) is 5.60. The molecular formula is C23H33N7O4. The van der Waals surface area contributed by atoms with Crippen molar-refractivity contribution in [1.82, 2.24) is 20.2 Å². The number of aliphatic imine (C=N–C) groups is 1. The number of carbonyl (C=O) groups excluding carboxylic acids is 1. The minimum absolute atomic E-state index is 0.0478. The SMILES string of the molecule is CN1C[C@H](C(=O)NC(CO)CCCN=C(N)N[N+](=O)[O-])CC2c3cccc4c3c(cn4C)CC21. The molecule has 0 saturated carbocycles. The van der Waals surface area contributed by atoms with Gasteiger partial charge in [0.25, 0.3) is 5.96 Å². The van der Waals surface area contributed by atoms with Crippen LogP contribution in [0.1, 0.15) is 36.3 Å². The summed E-state index contributed by atoms with van der Waals surface area (Å²) in [5.74, 6) is -0.197. The second kappa shape index (κ2) is 9.98. The second-order valence-corrected chi connectivity index (χ2v) is 9.42. The molecule has 0 bridgehead atoms. The summed E-state index contributed by atoms with van der Waals surface area (Å²) in [7, 11) is 4.17. The van der Waals surface area contributed by atoms with Crippen LogP contribution in [0.15, 0.2) is 29.4 Å². The van der Waals surface area contributed by atoms with Crippen molar-refractivity contribution < 1.29 is 14.9 Å². The number of rotatable bonds is 8. The highest BCUT2D eigenvalue weighted by Crippen LogP contribution is 2.44. The third kappa shape index (κ3) is 4.85. The third-order valence-corrected chi connectivity index (χ3v) is 7.17. The lowest BCUT2D eigenvalue weighted by Gasteiger charge is -2.45. The van der Waals surface area contributed by atoms with Crippen LogP contribution in [-0.4, -0.2) is 70.3 Å². The molecule has 1 aliphatic carbocycles. The van der Waals surface area contributed by atoms with E-state index in [1.807, 2.05) is 0 Å². The fraction of sp³-hybridized carbons (Fsp3) is 0.565. The first-order valence-corrected chi connectivity index (χ1v) is 11.7. The zero-order valence-electron chi connectivity index (χ0n) is 19.6. The maximum absolute atomic E-state index is 13.2. The molecule has 2 heterocycles. The smallest absolute Gasteiger partial charge is 0.251 e. The first kappa shape index (κ1) is 24.0. The van der Waals surface area contributed by atoms with E-state index in [-0.39, 0.29) is 36.9 Å². The van der Waals surface area contributed by atoms with Crippen molar-refractivity contribution in [1.29, 1.82) is 0 Å². The molecule has 11 heteroatoms. The maximum Gasteiger partial charge on any atom is 0.251 e. The number of nitrogens with one attached hydrogen (secondary N) is 2. The third-order valence-electron chi connectivity index (χ3n) is 7.17. The van der Waals surface area contributed by atoms with Crippen LogP contribution in [0.25, 0.3) is 10.9 Å². The van der Waals surface area contributed by atoms with E-state index >= 15 is 0 Å². The number of likely N-dealkylation sites (N-methyl/N-ethyl adjacent to an activating group) is 1. The Morgan fingerprint density at radius 3 is 2.94 bits per heavy atom. The zero-order valence-corrected chi connectivity index (χ0v) is 19.6. The van der Waals surface area contributed by atoms with Gasteiger partial charge in [-0.3, -0.25) is 4.79 Å². The van der Waals surface area contributed by atoms with E-state index in [0.29, 0.717) is 25.4 Å². The number of hydrazine groups is 1. The lowest BCUT2D eigenvalue weighted by molar-refractivity contribution is -0.525. The number of carbonyl (C=O) groups is 1. The van der Waals surface area contributed by atoms with Gasteiger partial charge in [0, 0.05) is 49.2 Å². The molecule has 4 rings (SSSR count). The number of benzene rings is 1. The van der Waals surface area contributed by atoms with Gasteiger partial charge < -0.3 is 25.6 Å². The summed E-state index contributed by atoms with van der Waals surface area (Å²) in [4.78, 5) is 29.7. The van der Waals surface area contributed by atoms with Crippen molar-refractivity contribution in [3.63, 3.8) is 0 Å². The number of nitrogens with two attached hydrogens (primary N) is 1. The number of likely N-dealkylation sites (tertiary alicyclic amines) is 1. The van der Waals surface area contributed by atoms with Crippen LogP contribution in [0.5, 0.6) is 0 Å². The Hall–Kier alpha value is -3.18. The summed E-state index contributed by atoms with van der Waals surface area (Å²) < 4.78 is 2.19. The van der Waals surface area contributed by atoms with Gasteiger partial charge in [-0.15, -0.1) is 0 Å². The average molecular weight is 472 g/mol. The number of fused-ring (bicyclic) bond motifs is 2. The maximum atomic E-state index is 13.2. The molecule has 34 heavy (non-hydrogen) atoms. The van der Waals surface area contributed by atoms with Crippen molar-refractivity contribution in [3.8, 4) is 0 Å². The van der Waals surface area contributed by atoms with Gasteiger partial charge in [0.1, 0.15) is 0 Å². The molecule has 1 fully saturated rings. The van der Waals surface area contributed by atoms with Crippen LogP contribution >= 0.6 is 0 Å². The van der Waals surface area contributed by atoms with E-state index in [1.54, 1.807) is 5.43 Å². The van der Waals surface area contributed by atoms with E-state index in [0.717, 1.165) is 12.8 Å². The minimum atomic E-state index is -0.771. The van der Waals surface area contributed by atoms with Crippen LogP contribution in [0.4, 0.5) is 0 Å². The standard InChI is InChI=1S/C23H33N7O4/c1-28-11-14-10-20-18(17-6-3-7-19(28)21(14)17)9-15(12-29(20)2)22(32)26-16(13-31)5-4-8-25-23(24)27-30(33)34/h3,6-7,11,15-16,18,20,31H,4-5,8-10,12-13H2,1-2H3,(H,26,32)(H3,24,25,27)/t15-,16?,18?,20?/m1/s1. The van der Waals surface area contributed by atoms with E-state index in [1.165, 1.54) is 22.0 Å². The molecule has 1 aromatic heterocycles. The van der Waals surface area contributed by atoms with Crippen molar-refractivity contribution in [2.75, 3.05) is 26.7 Å². The van der Waals surface area contributed by atoms with Gasteiger partial charge in [0.05, 0.1) is 18.6 Å². The number of amides is 1. The van der Waals surface area contributed by atoms with Gasteiger partial charge in [-0.05, 0) is 49.9 Å². The summed E-state index contributed by atoms with van der Waals surface area (Å²) in [6.45, 7) is 0.758. The molecule has 5 N–H and O–H groups in total. The van der Waals surface area contributed by atoms with Crippen LogP contribution in [0, 0.1) is 16.0 Å². The quantitative estimate of drug-likeness (QED) is 0.144. The molecule has 4 atom stereocenters. The van der Waals surface area contributed by atoms with E-state index in [2.05, 4.69) is 58.3 Å². The number of aryl methyl sites for hydroxylation is 1. The van der Waals surface area contributed by atoms with Crippen LogP contribution in [-0.2, 0) is 18.3 Å². The number of aliphatic hydroxyl groups excluding tert-OH is 1. The number of aromatic nitrogens is 1. The lowest BCUT2D eigenvalue weighted by atomic mass is 9.72. The van der Waals surface area contributed by atoms with Crippen LogP contribution < -0.4 is 16.5 Å². The summed E-state index contributed by atoms with van der Waals surface area (Å²) in [5.41, 5.74) is 11.1. The predicted molar refractivity (Wildman–Crippen MR) is 129 cm³/mol. The molecular weight excluding hydrogens is 438 g/mol. The Morgan fingerprint density at radius 2 is 2.21 bits per heavy atom. The molecule has 1 saturated heterocycles. The van der Waals surface area contributed by atoms with Gasteiger partial charge in [0.2, 0.25) is 5.91 Å². The van der Waals surface area contributed by atoms with Crippen molar-refractivity contribution in [2.45, 2.75) is 43.7 Å². The van der Waals surface area contributed by atoms with Crippen molar-refractivity contribution >= 4 is 22.8 Å². The lowest BCUT2D eigenvalue weighted by Crippen LogP contribution is -2.52. The van der Waals surface area contributed by atoms with Gasteiger partial charge in [-0.25, -0.2) is 15.1 Å². The molecule has 0 spiro atoms. The number of hydrogen-bond donors (Lipinski definition) is 4. The van der Waals surface area contributed by atoms with Gasteiger partial charge in [-0.2, -0.15) is 0 Å². The number of hydrogen-bond acceptors (Lipinski definition) is 6. The number of aliphatic hydroxyl groups is 1. The highest BCUT2D eigenvalue weighted by Gasteiger charge is 2.41. The topological polar surface area (TPSA) is 151 Å². The largest absolute Gasteiger partial charge is 0.394 e. The first-order valence-electron chi connectivity index (χ1n) is 11.7. The van der Waals surface area contributed by atoms with Crippen LogP contribution in [0.3, 0.4) is 0 Å². The summed E-state index contributed by atoms with van der Waals surface area (Å²) in [6.07, 6.45) is 5.02. The normalized spacial score (nSPS) is 23.4. The fourth-order valence-corrected chi connectivity index (χ4v) is 5.60. The molecule has 1 aromatic carbocycles. The highest BCUT2D eigenvalue weighted by molar-refractivity contribution is 5.89. The molecule has 1 amide bonds. The van der Waals surface area contributed by atoms with Crippen molar-refractivity contribution in [3.05, 3.63) is 45.6 Å². The van der Waals surface area contributed by atoms with E-state index < -0.39 is 11.1 Å². The van der Waals surface area contributed by atoms with Crippen LogP contribution in [0.2, 0.25) is 0 Å². The molecule has 2 aliphatic rings. The van der Waals surface area contributed by atoms with Gasteiger partial charge >= 0.3 is 0 Å². The van der Waals surface area contributed by atoms with E-state index in [9.17, 15) is 20.0 Å². The Kier molecular flexibility index (Phi) is 7.03. The zero-order chi connectivity index (χ0) is 24.4. The number of nitrogens with zero attached hydrogens (tertiary/aromatic N) is 4. The van der Waals surface area contributed by atoms with Gasteiger partial charge in [-0.1, -0.05) is 17.6 Å². The molecule has 1 aliphatic heterocycles. The summed E-state index contributed by atoms with van der Waals surface area (Å²) in [5, 5.41) is 23.7. The predicted octanol–water partition coefficient (Wildman–Crippen LogP) is 0.492. The molecule has 0 radical (unpaired) electrons. The Labute approximate surface area is 198 Å². The van der Waals surface area contributed by atoms with E-state index in [4.69, 9.17) is 5.73 Å². The minimum Gasteiger partial charge on any atom is -0.394 e. The Bertz CT molecular complexity index is 1100. The summed E-state index contributed by atoms with van der Waals surface area (Å²) in [6, 6.07) is 6.43. The highest BCUT2D eigenvalue weighted by atomic mass is 16.7. The monoisotopic (exact) mass is 471 g/mol. The average Bonchev–Trinajstić information content (AvgIpc) is 3.12. The number of guanidine groups is 1. The number of nitro groups is 1. The molecule has 2 aromatic rings.